The number of nitrogen functional groups attached to an aromatic ring is 1. The highest BCUT2D eigenvalue weighted by Crippen LogP contribution is 2.14. The number of pyridine rings is 1. The summed E-state index contributed by atoms with van der Waals surface area (Å²) in [4.78, 5) is 9.26. The Kier molecular flexibility index (Phi) is 5.32. The maximum absolute atomic E-state index is 5.74. The first kappa shape index (κ1) is 15.6. The largest absolute Gasteiger partial charge is 0.494 e. The summed E-state index contributed by atoms with van der Waals surface area (Å²) < 4.78 is 5.74. The monoisotopic (exact) mass is 312 g/mol. The molecule has 0 saturated carbocycles. The second-order valence-corrected chi connectivity index (χ2v) is 5.79. The van der Waals surface area contributed by atoms with Crippen LogP contribution in [-0.2, 0) is 0 Å². The third-order valence-corrected chi connectivity index (χ3v) is 4.11. The second kappa shape index (κ2) is 7.83. The molecule has 0 unspecified atom stereocenters. The van der Waals surface area contributed by atoms with Crippen molar-refractivity contribution in [1.82, 2.24) is 9.88 Å². The van der Waals surface area contributed by atoms with Crippen LogP contribution in [-0.4, -0.2) is 49.2 Å². The van der Waals surface area contributed by atoms with Crippen molar-refractivity contribution >= 4 is 11.5 Å². The number of benzene rings is 1. The van der Waals surface area contributed by atoms with Crippen molar-refractivity contribution in [3.8, 4) is 5.75 Å². The van der Waals surface area contributed by atoms with Crippen LogP contribution >= 0.6 is 0 Å². The van der Waals surface area contributed by atoms with Crippen LogP contribution in [0.4, 0.5) is 11.5 Å². The Balaban J connectivity index is 1.34. The lowest BCUT2D eigenvalue weighted by Gasteiger charge is -2.35. The van der Waals surface area contributed by atoms with Crippen molar-refractivity contribution in [2.24, 2.45) is 0 Å². The average molecular weight is 312 g/mol. The van der Waals surface area contributed by atoms with Crippen molar-refractivity contribution in [3.63, 3.8) is 0 Å². The standard InChI is InChI=1S/C18H24N4O/c19-16-5-7-17(8-6-16)23-15-3-10-21-11-13-22(14-12-21)18-4-1-2-9-20-18/h1-2,4-9H,3,10-15,19H2. The lowest BCUT2D eigenvalue weighted by atomic mass is 10.3. The summed E-state index contributed by atoms with van der Waals surface area (Å²) in [5.74, 6) is 1.97. The minimum atomic E-state index is 0.740. The van der Waals surface area contributed by atoms with Gasteiger partial charge in [0, 0.05) is 44.6 Å². The van der Waals surface area contributed by atoms with Gasteiger partial charge >= 0.3 is 0 Å². The molecule has 0 aliphatic carbocycles. The fourth-order valence-corrected chi connectivity index (χ4v) is 2.78. The molecule has 5 heteroatoms. The molecule has 5 nitrogen and oxygen atoms in total. The molecule has 0 radical (unpaired) electrons. The van der Waals surface area contributed by atoms with Crippen LogP contribution < -0.4 is 15.4 Å². The van der Waals surface area contributed by atoms with Crippen LogP contribution in [0.3, 0.4) is 0 Å². The summed E-state index contributed by atoms with van der Waals surface area (Å²) in [6.07, 6.45) is 2.89. The maximum Gasteiger partial charge on any atom is 0.128 e. The van der Waals surface area contributed by atoms with Crippen molar-refractivity contribution in [2.75, 3.05) is 50.0 Å². The van der Waals surface area contributed by atoms with Crippen LogP contribution in [0, 0.1) is 0 Å². The highest BCUT2D eigenvalue weighted by molar-refractivity contribution is 5.41. The highest BCUT2D eigenvalue weighted by Gasteiger charge is 2.17. The first-order valence-corrected chi connectivity index (χ1v) is 8.18. The predicted octanol–water partition coefficient (Wildman–Crippen LogP) is 2.25. The van der Waals surface area contributed by atoms with E-state index in [1.807, 2.05) is 42.6 Å². The third-order valence-electron chi connectivity index (χ3n) is 4.11. The molecule has 0 spiro atoms. The molecule has 122 valence electrons. The quantitative estimate of drug-likeness (QED) is 0.655. The molecular weight excluding hydrogens is 288 g/mol. The maximum atomic E-state index is 5.74. The van der Waals surface area contributed by atoms with Crippen molar-refractivity contribution in [2.45, 2.75) is 6.42 Å². The first-order valence-electron chi connectivity index (χ1n) is 8.18. The second-order valence-electron chi connectivity index (χ2n) is 5.79. The number of piperazine rings is 1. The van der Waals surface area contributed by atoms with Gasteiger partial charge in [0.15, 0.2) is 0 Å². The molecule has 1 aliphatic heterocycles. The molecule has 1 aromatic heterocycles. The number of rotatable bonds is 6. The summed E-state index contributed by atoms with van der Waals surface area (Å²) in [7, 11) is 0. The molecule has 0 bridgehead atoms. The molecule has 3 rings (SSSR count). The van der Waals surface area contributed by atoms with Gasteiger partial charge in [0.1, 0.15) is 11.6 Å². The zero-order valence-corrected chi connectivity index (χ0v) is 13.4. The van der Waals surface area contributed by atoms with Crippen molar-refractivity contribution in [1.29, 1.82) is 0 Å². The Morgan fingerprint density at radius 1 is 1.00 bits per heavy atom. The van der Waals surface area contributed by atoms with Crippen molar-refractivity contribution < 1.29 is 4.74 Å². The van der Waals surface area contributed by atoms with E-state index in [0.717, 1.165) is 63.0 Å². The smallest absolute Gasteiger partial charge is 0.128 e. The molecule has 2 heterocycles. The van der Waals surface area contributed by atoms with Crippen LogP contribution in [0.1, 0.15) is 6.42 Å². The zero-order chi connectivity index (χ0) is 15.9. The number of nitrogens with two attached hydrogens (primary N) is 1. The minimum absolute atomic E-state index is 0.740. The summed E-state index contributed by atoms with van der Waals surface area (Å²) in [6.45, 7) is 6.05. The molecule has 1 saturated heterocycles. The summed E-state index contributed by atoms with van der Waals surface area (Å²) in [6, 6.07) is 13.7. The Bertz CT molecular complexity index is 580. The topological polar surface area (TPSA) is 54.6 Å². The normalized spacial score (nSPS) is 15.6. The summed E-state index contributed by atoms with van der Waals surface area (Å²) >= 11 is 0. The fraction of sp³-hybridized carbons (Fsp3) is 0.389. The van der Waals surface area contributed by atoms with E-state index in [4.69, 9.17) is 10.5 Å². The Morgan fingerprint density at radius 2 is 1.78 bits per heavy atom. The molecule has 1 aromatic carbocycles. The first-order chi connectivity index (χ1) is 11.3. The van der Waals surface area contributed by atoms with E-state index in [1.165, 1.54) is 0 Å². The van der Waals surface area contributed by atoms with Gasteiger partial charge in [0.2, 0.25) is 0 Å². The van der Waals surface area contributed by atoms with Gasteiger partial charge in [0.25, 0.3) is 0 Å². The molecule has 2 aromatic rings. The van der Waals surface area contributed by atoms with E-state index in [9.17, 15) is 0 Å². The van der Waals surface area contributed by atoms with Gasteiger partial charge in [-0.2, -0.15) is 0 Å². The van der Waals surface area contributed by atoms with Gasteiger partial charge in [-0.15, -0.1) is 0 Å². The molecule has 0 amide bonds. The zero-order valence-electron chi connectivity index (χ0n) is 13.4. The Hall–Kier alpha value is -2.27. The molecule has 2 N–H and O–H groups in total. The number of aromatic nitrogens is 1. The Labute approximate surface area is 137 Å². The van der Waals surface area contributed by atoms with Gasteiger partial charge in [-0.05, 0) is 42.8 Å². The van der Waals surface area contributed by atoms with Gasteiger partial charge < -0.3 is 15.4 Å². The van der Waals surface area contributed by atoms with Crippen LogP contribution in [0.15, 0.2) is 48.7 Å². The SMILES string of the molecule is Nc1ccc(OCCCN2CCN(c3ccccn3)CC2)cc1. The van der Waals surface area contributed by atoms with Gasteiger partial charge in [0.05, 0.1) is 6.61 Å². The van der Waals surface area contributed by atoms with Crippen LogP contribution in [0.2, 0.25) is 0 Å². The van der Waals surface area contributed by atoms with Crippen molar-refractivity contribution in [3.05, 3.63) is 48.7 Å². The molecule has 0 atom stereocenters. The number of anilines is 2. The minimum Gasteiger partial charge on any atom is -0.494 e. The number of ether oxygens (including phenoxy) is 1. The lowest BCUT2D eigenvalue weighted by molar-refractivity contribution is 0.224. The van der Waals surface area contributed by atoms with E-state index < -0.39 is 0 Å². The number of nitrogens with zero attached hydrogens (tertiary/aromatic N) is 3. The summed E-state index contributed by atoms with van der Waals surface area (Å²) in [5.41, 5.74) is 6.43. The Morgan fingerprint density at radius 3 is 2.48 bits per heavy atom. The van der Waals surface area contributed by atoms with E-state index in [0.29, 0.717) is 0 Å². The van der Waals surface area contributed by atoms with Gasteiger partial charge in [-0.1, -0.05) is 6.07 Å². The number of hydrogen-bond acceptors (Lipinski definition) is 5. The average Bonchev–Trinajstić information content (AvgIpc) is 2.62. The number of hydrogen-bond donors (Lipinski definition) is 1. The predicted molar refractivity (Wildman–Crippen MR) is 93.9 cm³/mol. The highest BCUT2D eigenvalue weighted by atomic mass is 16.5. The summed E-state index contributed by atoms with van der Waals surface area (Å²) in [5, 5.41) is 0. The van der Waals surface area contributed by atoms with E-state index in [-0.39, 0.29) is 0 Å². The fourth-order valence-electron chi connectivity index (χ4n) is 2.78. The molecule has 23 heavy (non-hydrogen) atoms. The molecular formula is C18H24N4O. The van der Waals surface area contributed by atoms with E-state index >= 15 is 0 Å². The van der Waals surface area contributed by atoms with Gasteiger partial charge in [-0.3, -0.25) is 4.90 Å². The third kappa shape index (κ3) is 4.60. The van der Waals surface area contributed by atoms with Crippen LogP contribution in [0.5, 0.6) is 5.75 Å². The van der Waals surface area contributed by atoms with E-state index in [1.54, 1.807) is 0 Å². The lowest BCUT2D eigenvalue weighted by Crippen LogP contribution is -2.47. The molecule has 1 fully saturated rings. The van der Waals surface area contributed by atoms with Crippen LogP contribution in [0.25, 0.3) is 0 Å². The van der Waals surface area contributed by atoms with Gasteiger partial charge in [-0.25, -0.2) is 4.98 Å². The van der Waals surface area contributed by atoms with E-state index in [2.05, 4.69) is 20.9 Å². The molecule has 1 aliphatic rings.